The van der Waals surface area contributed by atoms with Gasteiger partial charge in [-0.25, -0.2) is 5.10 Å². The highest BCUT2D eigenvalue weighted by Gasteiger charge is 2.21. The smallest absolute Gasteiger partial charge is 0.285 e. The van der Waals surface area contributed by atoms with Crippen LogP contribution in [0.15, 0.2) is 35.3 Å². The number of piperazine rings is 1. The molecule has 0 aliphatic carbocycles. The summed E-state index contributed by atoms with van der Waals surface area (Å²) in [5.41, 5.74) is 1.22. The summed E-state index contributed by atoms with van der Waals surface area (Å²) in [6.45, 7) is 3.55. The van der Waals surface area contributed by atoms with Gasteiger partial charge in [0.15, 0.2) is 0 Å². The van der Waals surface area contributed by atoms with Crippen molar-refractivity contribution in [3.63, 3.8) is 0 Å². The van der Waals surface area contributed by atoms with Crippen molar-refractivity contribution in [2.75, 3.05) is 44.7 Å². The van der Waals surface area contributed by atoms with Crippen LogP contribution in [0, 0.1) is 0 Å². The fraction of sp³-hybridized carbons (Fsp3) is 0.389. The lowest BCUT2D eigenvalue weighted by atomic mass is 10.2. The quantitative estimate of drug-likeness (QED) is 0.759. The molecular formula is C18H22ClN5O3. The standard InChI is InChI=1S/C18H22ClN5O3/c1-27-14-4-2-3-13(9-14)10-20-16(25)12-23-5-7-24(8-6-23)15-11-21-22-18(26)17(15)19/h2-4,9,11H,5-8,10,12H2,1H3,(H,20,25)(H,22,26). The molecule has 2 heterocycles. The summed E-state index contributed by atoms with van der Waals surface area (Å²) in [6.07, 6.45) is 1.56. The monoisotopic (exact) mass is 391 g/mol. The van der Waals surface area contributed by atoms with E-state index in [1.54, 1.807) is 13.3 Å². The normalized spacial score (nSPS) is 14.8. The van der Waals surface area contributed by atoms with Gasteiger partial charge < -0.3 is 15.0 Å². The predicted molar refractivity (Wildman–Crippen MR) is 103 cm³/mol. The minimum absolute atomic E-state index is 0.0258. The molecule has 144 valence electrons. The summed E-state index contributed by atoms with van der Waals surface area (Å²) in [5.74, 6) is 0.743. The van der Waals surface area contributed by atoms with Crippen LogP contribution in [0.5, 0.6) is 5.75 Å². The summed E-state index contributed by atoms with van der Waals surface area (Å²) in [5, 5.41) is 9.19. The number of hydrogen-bond acceptors (Lipinski definition) is 6. The van der Waals surface area contributed by atoms with Gasteiger partial charge in [0.25, 0.3) is 5.56 Å². The molecule has 1 saturated heterocycles. The van der Waals surface area contributed by atoms with E-state index in [-0.39, 0.29) is 10.9 Å². The van der Waals surface area contributed by atoms with Gasteiger partial charge in [0, 0.05) is 32.7 Å². The van der Waals surface area contributed by atoms with Gasteiger partial charge in [-0.05, 0) is 17.7 Å². The summed E-state index contributed by atoms with van der Waals surface area (Å²) < 4.78 is 5.18. The number of methoxy groups -OCH3 is 1. The number of nitrogens with one attached hydrogen (secondary N) is 2. The van der Waals surface area contributed by atoms with E-state index in [9.17, 15) is 9.59 Å². The molecule has 2 aromatic rings. The van der Waals surface area contributed by atoms with Crippen molar-refractivity contribution in [3.05, 3.63) is 51.4 Å². The van der Waals surface area contributed by atoms with E-state index in [1.165, 1.54) is 0 Å². The zero-order valence-electron chi connectivity index (χ0n) is 15.1. The summed E-state index contributed by atoms with van der Waals surface area (Å²) in [4.78, 5) is 27.9. The van der Waals surface area contributed by atoms with Crippen molar-refractivity contribution in [1.29, 1.82) is 0 Å². The van der Waals surface area contributed by atoms with Crippen LogP contribution in [-0.2, 0) is 11.3 Å². The average Bonchev–Trinajstić information content (AvgIpc) is 2.69. The third-order valence-corrected chi connectivity index (χ3v) is 4.85. The number of aromatic amines is 1. The fourth-order valence-corrected chi connectivity index (χ4v) is 3.19. The zero-order chi connectivity index (χ0) is 19.2. The summed E-state index contributed by atoms with van der Waals surface area (Å²) in [7, 11) is 1.62. The summed E-state index contributed by atoms with van der Waals surface area (Å²) in [6, 6.07) is 7.61. The molecule has 1 fully saturated rings. The van der Waals surface area contributed by atoms with Gasteiger partial charge >= 0.3 is 0 Å². The van der Waals surface area contributed by atoms with Crippen molar-refractivity contribution < 1.29 is 9.53 Å². The third-order valence-electron chi connectivity index (χ3n) is 4.48. The number of amides is 1. The average molecular weight is 392 g/mol. The molecule has 0 unspecified atom stereocenters. The highest BCUT2D eigenvalue weighted by molar-refractivity contribution is 6.33. The molecule has 0 radical (unpaired) electrons. The molecule has 1 aromatic heterocycles. The first-order valence-electron chi connectivity index (χ1n) is 8.67. The molecule has 8 nitrogen and oxygen atoms in total. The molecule has 27 heavy (non-hydrogen) atoms. The molecule has 1 aromatic carbocycles. The number of ether oxygens (including phenoxy) is 1. The van der Waals surface area contributed by atoms with Crippen LogP contribution in [0.1, 0.15) is 5.56 Å². The maximum Gasteiger partial charge on any atom is 0.285 e. The number of halogens is 1. The highest BCUT2D eigenvalue weighted by Crippen LogP contribution is 2.21. The second-order valence-corrected chi connectivity index (χ2v) is 6.67. The van der Waals surface area contributed by atoms with Gasteiger partial charge in [0.1, 0.15) is 10.8 Å². The number of benzene rings is 1. The van der Waals surface area contributed by atoms with Crippen LogP contribution < -0.4 is 20.5 Å². The molecule has 1 aliphatic heterocycles. The second-order valence-electron chi connectivity index (χ2n) is 6.29. The molecule has 2 N–H and O–H groups in total. The number of hydrogen-bond donors (Lipinski definition) is 2. The Kier molecular flexibility index (Phi) is 6.31. The third kappa shape index (κ3) is 4.99. The van der Waals surface area contributed by atoms with Crippen molar-refractivity contribution in [2.45, 2.75) is 6.54 Å². The Labute approximate surface area is 162 Å². The first-order chi connectivity index (χ1) is 13.1. The first-order valence-corrected chi connectivity index (χ1v) is 9.04. The van der Waals surface area contributed by atoms with Crippen molar-refractivity contribution in [2.24, 2.45) is 0 Å². The van der Waals surface area contributed by atoms with Gasteiger partial charge in [-0.2, -0.15) is 5.10 Å². The SMILES string of the molecule is COc1cccc(CNC(=O)CN2CCN(c3cn[nH]c(=O)c3Cl)CC2)c1. The summed E-state index contributed by atoms with van der Waals surface area (Å²) >= 11 is 6.06. The van der Waals surface area contributed by atoms with E-state index in [0.717, 1.165) is 11.3 Å². The van der Waals surface area contributed by atoms with E-state index in [0.29, 0.717) is 45.0 Å². The Morgan fingerprint density at radius 3 is 2.85 bits per heavy atom. The molecule has 0 atom stereocenters. The molecule has 0 spiro atoms. The predicted octanol–water partition coefficient (Wildman–Crippen LogP) is 0.870. The lowest BCUT2D eigenvalue weighted by molar-refractivity contribution is -0.122. The molecule has 1 amide bonds. The van der Waals surface area contributed by atoms with Gasteiger partial charge in [-0.3, -0.25) is 14.5 Å². The van der Waals surface area contributed by atoms with Crippen LogP contribution in [0.3, 0.4) is 0 Å². The van der Waals surface area contributed by atoms with Crippen LogP contribution in [0.25, 0.3) is 0 Å². The molecule has 1 aliphatic rings. The lowest BCUT2D eigenvalue weighted by Gasteiger charge is -2.35. The van der Waals surface area contributed by atoms with E-state index in [1.807, 2.05) is 29.2 Å². The Morgan fingerprint density at radius 1 is 1.33 bits per heavy atom. The first kappa shape index (κ1) is 19.2. The van der Waals surface area contributed by atoms with Crippen LogP contribution in [0.4, 0.5) is 5.69 Å². The molecular weight excluding hydrogens is 370 g/mol. The second kappa shape index (κ2) is 8.88. The van der Waals surface area contributed by atoms with Crippen molar-refractivity contribution >= 4 is 23.2 Å². The Balaban J connectivity index is 1.46. The number of H-pyrrole nitrogens is 1. The van der Waals surface area contributed by atoms with Gasteiger partial charge in [-0.1, -0.05) is 23.7 Å². The van der Waals surface area contributed by atoms with Crippen molar-refractivity contribution in [3.8, 4) is 5.75 Å². The van der Waals surface area contributed by atoms with Crippen LogP contribution >= 0.6 is 11.6 Å². The Morgan fingerprint density at radius 2 is 2.11 bits per heavy atom. The maximum absolute atomic E-state index is 12.2. The molecule has 9 heteroatoms. The fourth-order valence-electron chi connectivity index (χ4n) is 2.98. The number of rotatable bonds is 6. The highest BCUT2D eigenvalue weighted by atomic mass is 35.5. The van der Waals surface area contributed by atoms with Crippen molar-refractivity contribution in [1.82, 2.24) is 20.4 Å². The number of nitrogens with zero attached hydrogens (tertiary/aromatic N) is 3. The largest absolute Gasteiger partial charge is 0.497 e. The maximum atomic E-state index is 12.2. The topological polar surface area (TPSA) is 90.6 Å². The Hall–Kier alpha value is -2.58. The van der Waals surface area contributed by atoms with Gasteiger partial charge in [0.05, 0.1) is 25.5 Å². The molecule has 0 bridgehead atoms. The number of carbonyl (C=O) groups is 1. The number of anilines is 1. The van der Waals surface area contributed by atoms with Gasteiger partial charge in [-0.15, -0.1) is 0 Å². The number of carbonyl (C=O) groups excluding carboxylic acids is 1. The minimum atomic E-state index is -0.395. The van der Waals surface area contributed by atoms with Crippen LogP contribution in [-0.4, -0.2) is 60.8 Å². The van der Waals surface area contributed by atoms with Gasteiger partial charge in [0.2, 0.25) is 5.91 Å². The number of aromatic nitrogens is 2. The lowest BCUT2D eigenvalue weighted by Crippen LogP contribution is -2.49. The van der Waals surface area contributed by atoms with E-state index in [2.05, 4.69) is 20.4 Å². The zero-order valence-corrected chi connectivity index (χ0v) is 15.8. The molecule has 0 saturated carbocycles. The van der Waals surface area contributed by atoms with E-state index in [4.69, 9.17) is 16.3 Å². The Bertz CT molecular complexity index is 849. The van der Waals surface area contributed by atoms with E-state index < -0.39 is 5.56 Å². The van der Waals surface area contributed by atoms with Crippen LogP contribution in [0.2, 0.25) is 5.02 Å². The molecule has 3 rings (SSSR count). The minimum Gasteiger partial charge on any atom is -0.497 e. The van der Waals surface area contributed by atoms with E-state index >= 15 is 0 Å².